The summed E-state index contributed by atoms with van der Waals surface area (Å²) in [6, 6.07) is 11.3. The molecule has 4 atom stereocenters. The van der Waals surface area contributed by atoms with Crippen molar-refractivity contribution in [2.45, 2.75) is 30.5 Å². The lowest BCUT2D eigenvalue weighted by atomic mass is 9.69. The van der Waals surface area contributed by atoms with Crippen LogP contribution in [0.5, 0.6) is 5.75 Å². The minimum absolute atomic E-state index is 0.0691. The van der Waals surface area contributed by atoms with Crippen molar-refractivity contribution in [1.82, 2.24) is 4.98 Å². The summed E-state index contributed by atoms with van der Waals surface area (Å²) in [4.78, 5) is 4.47. The number of fused-ring (bicyclic) bond motifs is 3. The van der Waals surface area contributed by atoms with Gasteiger partial charge in [-0.25, -0.2) is 0 Å². The zero-order chi connectivity index (χ0) is 19.4. The van der Waals surface area contributed by atoms with Crippen LogP contribution in [0.25, 0.3) is 0 Å². The van der Waals surface area contributed by atoms with E-state index in [2.05, 4.69) is 35.4 Å². The SMILES string of the molecule is N#Cc1ccc(C23Oc4cc(Cl)cnc4C2(O)CCC3C2C=CC=CC2)cc1. The van der Waals surface area contributed by atoms with Gasteiger partial charge < -0.3 is 9.84 Å². The molecule has 140 valence electrons. The fourth-order valence-corrected chi connectivity index (χ4v) is 5.36. The van der Waals surface area contributed by atoms with Crippen LogP contribution in [0, 0.1) is 23.2 Å². The molecule has 0 bridgehead atoms. The Labute approximate surface area is 168 Å². The number of nitrogens with zero attached hydrogens (tertiary/aromatic N) is 2. The summed E-state index contributed by atoms with van der Waals surface area (Å²) in [7, 11) is 0. The third-order valence-electron chi connectivity index (χ3n) is 6.41. The van der Waals surface area contributed by atoms with E-state index in [0.717, 1.165) is 18.4 Å². The third kappa shape index (κ3) is 2.24. The number of nitriles is 1. The van der Waals surface area contributed by atoms with Gasteiger partial charge in [-0.2, -0.15) is 5.26 Å². The molecular formula is C23H19ClN2O2. The molecule has 1 aliphatic heterocycles. The van der Waals surface area contributed by atoms with Crippen LogP contribution >= 0.6 is 11.6 Å². The molecule has 4 nitrogen and oxygen atoms in total. The van der Waals surface area contributed by atoms with Gasteiger partial charge in [0.25, 0.3) is 0 Å². The number of halogens is 1. The smallest absolute Gasteiger partial charge is 0.172 e. The zero-order valence-corrected chi connectivity index (χ0v) is 15.9. The Balaban J connectivity index is 1.71. The van der Waals surface area contributed by atoms with Crippen molar-refractivity contribution in [2.75, 3.05) is 0 Å². The highest BCUT2D eigenvalue weighted by molar-refractivity contribution is 6.30. The summed E-state index contributed by atoms with van der Waals surface area (Å²) in [5.41, 5.74) is -0.190. The summed E-state index contributed by atoms with van der Waals surface area (Å²) in [5.74, 6) is 0.860. The van der Waals surface area contributed by atoms with E-state index in [0.29, 0.717) is 28.5 Å². The van der Waals surface area contributed by atoms with E-state index < -0.39 is 11.2 Å². The van der Waals surface area contributed by atoms with E-state index >= 15 is 0 Å². The molecule has 2 heterocycles. The first-order chi connectivity index (χ1) is 13.6. The van der Waals surface area contributed by atoms with E-state index in [1.165, 1.54) is 0 Å². The van der Waals surface area contributed by atoms with Gasteiger partial charge in [0.2, 0.25) is 0 Å². The Morgan fingerprint density at radius 3 is 2.79 bits per heavy atom. The molecule has 1 aromatic carbocycles. The van der Waals surface area contributed by atoms with Crippen LogP contribution in [0.1, 0.15) is 36.1 Å². The average Bonchev–Trinajstić information content (AvgIpc) is 3.15. The number of aliphatic hydroxyl groups is 1. The van der Waals surface area contributed by atoms with E-state index in [-0.39, 0.29) is 11.8 Å². The highest BCUT2D eigenvalue weighted by Gasteiger charge is 2.69. The van der Waals surface area contributed by atoms with Gasteiger partial charge in [-0.1, -0.05) is 48.0 Å². The maximum atomic E-state index is 12.0. The second kappa shape index (κ2) is 6.20. The van der Waals surface area contributed by atoms with Gasteiger partial charge in [0.1, 0.15) is 11.4 Å². The van der Waals surface area contributed by atoms with Crippen molar-refractivity contribution in [3.63, 3.8) is 0 Å². The molecule has 0 spiro atoms. The molecule has 3 aliphatic rings. The molecule has 5 rings (SSSR count). The fraction of sp³-hybridized carbons (Fsp3) is 0.304. The molecule has 4 unspecified atom stereocenters. The lowest BCUT2D eigenvalue weighted by Gasteiger charge is -2.42. The molecule has 28 heavy (non-hydrogen) atoms. The Hall–Kier alpha value is -2.61. The molecule has 1 N–H and O–H groups in total. The molecule has 1 fully saturated rings. The first-order valence-electron chi connectivity index (χ1n) is 9.50. The number of allylic oxidation sites excluding steroid dienone is 4. The molecule has 1 aromatic heterocycles. The van der Waals surface area contributed by atoms with Crippen molar-refractivity contribution < 1.29 is 9.84 Å². The standard InChI is InChI=1S/C23H19ClN2O2/c24-18-12-20-21(26-14-18)22(27)11-10-19(16-4-2-1-3-5-16)23(22,28-20)17-8-6-15(13-25)7-9-17/h1-4,6-9,12,14,16,19,27H,5,10-11H2. The predicted octanol–water partition coefficient (Wildman–Crippen LogP) is 4.62. The van der Waals surface area contributed by atoms with Crippen molar-refractivity contribution in [3.8, 4) is 11.8 Å². The summed E-state index contributed by atoms with van der Waals surface area (Å²) in [6.07, 6.45) is 12.3. The van der Waals surface area contributed by atoms with E-state index in [4.69, 9.17) is 16.3 Å². The number of hydrogen-bond donors (Lipinski definition) is 1. The zero-order valence-electron chi connectivity index (χ0n) is 15.2. The van der Waals surface area contributed by atoms with Gasteiger partial charge in [-0.05, 0) is 42.9 Å². The van der Waals surface area contributed by atoms with Crippen molar-refractivity contribution in [2.24, 2.45) is 11.8 Å². The van der Waals surface area contributed by atoms with Gasteiger partial charge in [-0.15, -0.1) is 0 Å². The van der Waals surface area contributed by atoms with E-state index in [1.54, 1.807) is 24.4 Å². The van der Waals surface area contributed by atoms with Crippen LogP contribution in [-0.2, 0) is 11.2 Å². The van der Waals surface area contributed by atoms with Crippen molar-refractivity contribution in [3.05, 3.63) is 82.7 Å². The van der Waals surface area contributed by atoms with Gasteiger partial charge in [0.15, 0.2) is 11.2 Å². The first kappa shape index (κ1) is 17.5. The summed E-state index contributed by atoms with van der Waals surface area (Å²) < 4.78 is 6.59. The Kier molecular flexibility index (Phi) is 3.87. The van der Waals surface area contributed by atoms with Gasteiger partial charge in [0.05, 0.1) is 16.7 Å². The summed E-state index contributed by atoms with van der Waals surface area (Å²) in [6.45, 7) is 0. The predicted molar refractivity (Wildman–Crippen MR) is 106 cm³/mol. The minimum atomic E-state index is -1.24. The first-order valence-corrected chi connectivity index (χ1v) is 9.88. The summed E-state index contributed by atoms with van der Waals surface area (Å²) in [5, 5.41) is 21.6. The van der Waals surface area contributed by atoms with Gasteiger partial charge in [0, 0.05) is 18.2 Å². The maximum Gasteiger partial charge on any atom is 0.172 e. The number of rotatable bonds is 2. The summed E-state index contributed by atoms with van der Waals surface area (Å²) >= 11 is 6.16. The monoisotopic (exact) mass is 390 g/mol. The van der Waals surface area contributed by atoms with Crippen LogP contribution in [-0.4, -0.2) is 10.1 Å². The molecule has 0 radical (unpaired) electrons. The molecule has 5 heteroatoms. The van der Waals surface area contributed by atoms with E-state index in [9.17, 15) is 10.4 Å². The van der Waals surface area contributed by atoms with Crippen LogP contribution in [0.4, 0.5) is 0 Å². The molecular weight excluding hydrogens is 372 g/mol. The van der Waals surface area contributed by atoms with Crippen LogP contribution < -0.4 is 4.74 Å². The Morgan fingerprint density at radius 1 is 1.25 bits per heavy atom. The molecule has 0 saturated heterocycles. The van der Waals surface area contributed by atoms with Gasteiger partial charge >= 0.3 is 0 Å². The number of pyridine rings is 1. The topological polar surface area (TPSA) is 66.1 Å². The van der Waals surface area contributed by atoms with Crippen LogP contribution in [0.2, 0.25) is 5.02 Å². The number of ether oxygens (including phenoxy) is 1. The van der Waals surface area contributed by atoms with Crippen LogP contribution in [0.3, 0.4) is 0 Å². The second-order valence-electron chi connectivity index (χ2n) is 7.75. The number of aromatic nitrogens is 1. The average molecular weight is 391 g/mol. The Morgan fingerprint density at radius 2 is 2.07 bits per heavy atom. The quantitative estimate of drug-likeness (QED) is 0.812. The Bertz CT molecular complexity index is 1040. The highest BCUT2D eigenvalue weighted by Crippen LogP contribution is 2.65. The lowest BCUT2D eigenvalue weighted by molar-refractivity contribution is -0.126. The number of benzene rings is 1. The van der Waals surface area contributed by atoms with Crippen molar-refractivity contribution >= 4 is 11.6 Å². The van der Waals surface area contributed by atoms with E-state index in [1.807, 2.05) is 12.1 Å². The lowest BCUT2D eigenvalue weighted by Crippen LogP contribution is -2.50. The fourth-order valence-electron chi connectivity index (χ4n) is 5.21. The molecule has 2 aromatic rings. The minimum Gasteiger partial charge on any atom is -0.477 e. The largest absolute Gasteiger partial charge is 0.477 e. The highest BCUT2D eigenvalue weighted by atomic mass is 35.5. The molecule has 2 aliphatic carbocycles. The molecule has 1 saturated carbocycles. The maximum absolute atomic E-state index is 12.0. The molecule has 0 amide bonds. The van der Waals surface area contributed by atoms with Crippen molar-refractivity contribution in [1.29, 1.82) is 5.26 Å². The normalized spacial score (nSPS) is 32.5. The van der Waals surface area contributed by atoms with Crippen LogP contribution in [0.15, 0.2) is 60.8 Å². The van der Waals surface area contributed by atoms with Gasteiger partial charge in [-0.3, -0.25) is 4.98 Å². The third-order valence-corrected chi connectivity index (χ3v) is 6.62. The number of hydrogen-bond acceptors (Lipinski definition) is 4. The second-order valence-corrected chi connectivity index (χ2v) is 8.18.